The number of pyridine rings is 1. The summed E-state index contributed by atoms with van der Waals surface area (Å²) in [6.45, 7) is 7.46. The van der Waals surface area contributed by atoms with Gasteiger partial charge in [0, 0.05) is 18.8 Å². The maximum absolute atomic E-state index is 11.2. The zero-order chi connectivity index (χ0) is 22.4. The molecule has 1 aliphatic carbocycles. The van der Waals surface area contributed by atoms with Gasteiger partial charge in [0.05, 0.1) is 22.8 Å². The van der Waals surface area contributed by atoms with Crippen LogP contribution in [0.3, 0.4) is 0 Å². The van der Waals surface area contributed by atoms with Crippen LogP contribution in [-0.4, -0.2) is 28.6 Å². The molecule has 1 aliphatic rings. The number of carboxylic acid groups (broad SMARTS) is 1. The fraction of sp³-hybridized carbons (Fsp3) is 0.520. The lowest BCUT2D eigenvalue weighted by atomic mass is 9.92. The van der Waals surface area contributed by atoms with Crippen molar-refractivity contribution in [2.45, 2.75) is 71.3 Å². The number of aliphatic carboxylic acids is 1. The van der Waals surface area contributed by atoms with Crippen LogP contribution in [0.15, 0.2) is 36.5 Å². The number of rotatable bonds is 9. The molecular weight excluding hydrogens is 410 g/mol. The first-order valence-corrected chi connectivity index (χ1v) is 11.7. The van der Waals surface area contributed by atoms with Crippen LogP contribution in [0.5, 0.6) is 0 Å². The monoisotopic (exact) mass is 443 g/mol. The van der Waals surface area contributed by atoms with Crippen molar-refractivity contribution < 1.29 is 9.90 Å². The molecule has 0 amide bonds. The van der Waals surface area contributed by atoms with Crippen molar-refractivity contribution in [1.29, 1.82) is 0 Å². The summed E-state index contributed by atoms with van der Waals surface area (Å²) in [5.41, 5.74) is 3.13. The van der Waals surface area contributed by atoms with Crippen molar-refractivity contribution >= 4 is 34.8 Å². The van der Waals surface area contributed by atoms with E-state index in [0.29, 0.717) is 17.0 Å². The lowest BCUT2D eigenvalue weighted by molar-refractivity contribution is -0.137. The molecule has 0 saturated heterocycles. The molecular formula is C25H34ClN3O2. The Morgan fingerprint density at radius 3 is 2.55 bits per heavy atom. The summed E-state index contributed by atoms with van der Waals surface area (Å²) in [5.74, 6) is 0.406. The van der Waals surface area contributed by atoms with Gasteiger partial charge in [0.2, 0.25) is 0 Å². The second-order valence-electron chi connectivity index (χ2n) is 9.10. The molecule has 6 heteroatoms. The fourth-order valence-electron chi connectivity index (χ4n) is 4.41. The Bertz CT molecular complexity index is 864. The number of aromatic nitrogens is 1. The maximum Gasteiger partial charge on any atom is 0.303 e. The van der Waals surface area contributed by atoms with Crippen LogP contribution < -0.4 is 10.2 Å². The first-order chi connectivity index (χ1) is 14.8. The van der Waals surface area contributed by atoms with Crippen LogP contribution in [0.1, 0.15) is 70.8 Å². The molecule has 2 aromatic rings. The van der Waals surface area contributed by atoms with Gasteiger partial charge in [0.25, 0.3) is 0 Å². The fourth-order valence-corrected chi connectivity index (χ4v) is 4.52. The van der Waals surface area contributed by atoms with Crippen LogP contribution in [-0.2, 0) is 4.79 Å². The number of halogens is 1. The number of anilines is 3. The molecule has 1 heterocycles. The van der Waals surface area contributed by atoms with Gasteiger partial charge in [-0.1, -0.05) is 57.7 Å². The van der Waals surface area contributed by atoms with Gasteiger partial charge < -0.3 is 15.3 Å². The summed E-state index contributed by atoms with van der Waals surface area (Å²) in [6, 6.07) is 10.5. The van der Waals surface area contributed by atoms with E-state index >= 15 is 0 Å². The van der Waals surface area contributed by atoms with Gasteiger partial charge in [-0.2, -0.15) is 0 Å². The van der Waals surface area contributed by atoms with E-state index in [-0.39, 0.29) is 12.3 Å². The van der Waals surface area contributed by atoms with E-state index in [4.69, 9.17) is 11.6 Å². The topological polar surface area (TPSA) is 65.5 Å². The smallest absolute Gasteiger partial charge is 0.303 e. The predicted molar refractivity (Wildman–Crippen MR) is 129 cm³/mol. The van der Waals surface area contributed by atoms with Crippen LogP contribution >= 0.6 is 11.6 Å². The molecule has 0 radical (unpaired) electrons. The number of nitrogens with zero attached hydrogens (tertiary/aromatic N) is 2. The van der Waals surface area contributed by atoms with Gasteiger partial charge in [-0.25, -0.2) is 4.98 Å². The zero-order valence-electron chi connectivity index (χ0n) is 18.8. The normalized spacial score (nSPS) is 15.6. The second kappa shape index (κ2) is 10.9. The highest BCUT2D eigenvalue weighted by molar-refractivity contribution is 6.30. The van der Waals surface area contributed by atoms with Crippen molar-refractivity contribution in [2.75, 3.05) is 16.8 Å². The first-order valence-electron chi connectivity index (χ1n) is 11.3. The summed E-state index contributed by atoms with van der Waals surface area (Å²) in [5, 5.41) is 13.3. The SMILES string of the molecule is CC(C)CN(c1ccc(C(C)CC(=O)O)cc1Nc1ccc(Cl)cn1)C1CCCCC1. The molecule has 1 aromatic heterocycles. The molecule has 3 rings (SSSR count). The minimum atomic E-state index is -0.783. The zero-order valence-corrected chi connectivity index (χ0v) is 19.5. The second-order valence-corrected chi connectivity index (χ2v) is 9.54. The van der Waals surface area contributed by atoms with Gasteiger partial charge in [-0.05, 0) is 54.5 Å². The van der Waals surface area contributed by atoms with E-state index < -0.39 is 5.97 Å². The third-order valence-corrected chi connectivity index (χ3v) is 6.17. The highest BCUT2D eigenvalue weighted by Gasteiger charge is 2.25. The summed E-state index contributed by atoms with van der Waals surface area (Å²) >= 11 is 6.02. The van der Waals surface area contributed by atoms with E-state index in [2.05, 4.69) is 47.2 Å². The summed E-state index contributed by atoms with van der Waals surface area (Å²) in [6.07, 6.45) is 8.02. The molecule has 0 bridgehead atoms. The summed E-state index contributed by atoms with van der Waals surface area (Å²) < 4.78 is 0. The molecule has 5 nitrogen and oxygen atoms in total. The Morgan fingerprint density at radius 2 is 1.94 bits per heavy atom. The van der Waals surface area contributed by atoms with Gasteiger partial charge in [-0.3, -0.25) is 4.79 Å². The number of carbonyl (C=O) groups is 1. The third kappa shape index (κ3) is 6.60. The highest BCUT2D eigenvalue weighted by atomic mass is 35.5. The van der Waals surface area contributed by atoms with E-state index in [9.17, 15) is 9.90 Å². The Labute approximate surface area is 190 Å². The lowest BCUT2D eigenvalue weighted by Gasteiger charge is -2.38. The largest absolute Gasteiger partial charge is 0.481 e. The van der Waals surface area contributed by atoms with Gasteiger partial charge in [0.15, 0.2) is 0 Å². The number of carboxylic acids is 1. The molecule has 0 aliphatic heterocycles. The molecule has 1 fully saturated rings. The van der Waals surface area contributed by atoms with E-state index in [0.717, 1.165) is 29.3 Å². The van der Waals surface area contributed by atoms with Crippen molar-refractivity contribution in [3.63, 3.8) is 0 Å². The van der Waals surface area contributed by atoms with Crippen molar-refractivity contribution in [2.24, 2.45) is 5.92 Å². The molecule has 2 N–H and O–H groups in total. The Kier molecular flexibility index (Phi) is 8.19. The number of benzene rings is 1. The minimum Gasteiger partial charge on any atom is -0.481 e. The van der Waals surface area contributed by atoms with Crippen LogP contribution in [0.2, 0.25) is 5.02 Å². The Balaban J connectivity index is 2.00. The molecule has 31 heavy (non-hydrogen) atoms. The van der Waals surface area contributed by atoms with Gasteiger partial charge in [-0.15, -0.1) is 0 Å². The average Bonchev–Trinajstić information content (AvgIpc) is 2.74. The molecule has 0 spiro atoms. The molecule has 168 valence electrons. The van der Waals surface area contributed by atoms with E-state index in [1.54, 1.807) is 6.20 Å². The van der Waals surface area contributed by atoms with Gasteiger partial charge in [0.1, 0.15) is 5.82 Å². The van der Waals surface area contributed by atoms with E-state index in [1.807, 2.05) is 19.1 Å². The minimum absolute atomic E-state index is 0.0708. The third-order valence-electron chi connectivity index (χ3n) is 5.95. The number of hydrogen-bond acceptors (Lipinski definition) is 4. The Hall–Kier alpha value is -2.27. The summed E-state index contributed by atoms with van der Waals surface area (Å²) in [4.78, 5) is 18.2. The molecule has 1 aromatic carbocycles. The van der Waals surface area contributed by atoms with E-state index in [1.165, 1.54) is 32.1 Å². The maximum atomic E-state index is 11.2. The first kappa shape index (κ1) is 23.4. The summed E-state index contributed by atoms with van der Waals surface area (Å²) in [7, 11) is 0. The quantitative estimate of drug-likeness (QED) is 0.443. The van der Waals surface area contributed by atoms with Crippen molar-refractivity contribution in [3.05, 3.63) is 47.1 Å². The molecule has 1 unspecified atom stereocenters. The standard InChI is InChI=1S/C25H34ClN3O2/c1-17(2)16-29(21-7-5-4-6-8-21)23-11-9-19(18(3)13-25(30)31)14-22(23)28-24-12-10-20(26)15-27-24/h9-12,14-15,17-18,21H,4-8,13,16H2,1-3H3,(H,27,28)(H,30,31). The van der Waals surface area contributed by atoms with Gasteiger partial charge >= 0.3 is 5.97 Å². The number of nitrogens with one attached hydrogen (secondary N) is 1. The Morgan fingerprint density at radius 1 is 1.19 bits per heavy atom. The van der Waals surface area contributed by atoms with Crippen LogP contribution in [0.25, 0.3) is 0 Å². The predicted octanol–water partition coefficient (Wildman–Crippen LogP) is 6.85. The van der Waals surface area contributed by atoms with Crippen molar-refractivity contribution in [1.82, 2.24) is 4.98 Å². The van der Waals surface area contributed by atoms with Crippen LogP contribution in [0, 0.1) is 5.92 Å². The molecule has 1 atom stereocenters. The highest BCUT2D eigenvalue weighted by Crippen LogP contribution is 2.37. The number of hydrogen-bond donors (Lipinski definition) is 2. The van der Waals surface area contributed by atoms with Crippen LogP contribution in [0.4, 0.5) is 17.2 Å². The van der Waals surface area contributed by atoms with Crippen molar-refractivity contribution in [3.8, 4) is 0 Å². The average molecular weight is 444 g/mol. The lowest BCUT2D eigenvalue weighted by Crippen LogP contribution is -2.39. The molecule has 1 saturated carbocycles.